The highest BCUT2D eigenvalue weighted by atomic mass is 32.2. The number of amides is 2. The highest BCUT2D eigenvalue weighted by Crippen LogP contribution is 2.28. The van der Waals surface area contributed by atoms with Crippen molar-refractivity contribution in [1.29, 1.82) is 0 Å². The van der Waals surface area contributed by atoms with Gasteiger partial charge in [0.15, 0.2) is 0 Å². The molecule has 0 aliphatic carbocycles. The molecule has 1 aliphatic rings. The van der Waals surface area contributed by atoms with E-state index in [9.17, 15) is 18.0 Å². The summed E-state index contributed by atoms with van der Waals surface area (Å²) >= 11 is 0. The minimum Gasteiger partial charge on any atom is -0.324 e. The Morgan fingerprint density at radius 2 is 1.73 bits per heavy atom. The minimum atomic E-state index is -3.92. The van der Waals surface area contributed by atoms with E-state index in [0.29, 0.717) is 22.8 Å². The highest BCUT2D eigenvalue weighted by molar-refractivity contribution is 7.88. The van der Waals surface area contributed by atoms with Crippen molar-refractivity contribution in [2.45, 2.75) is 32.9 Å². The van der Waals surface area contributed by atoms with E-state index in [2.05, 4.69) is 25.6 Å². The Balaban J connectivity index is 1.28. The molecule has 11 nitrogen and oxygen atoms in total. The van der Waals surface area contributed by atoms with Gasteiger partial charge in [-0.1, -0.05) is 18.2 Å². The van der Waals surface area contributed by atoms with E-state index in [1.54, 1.807) is 68.8 Å². The van der Waals surface area contributed by atoms with Crippen LogP contribution >= 0.6 is 0 Å². The number of benzene rings is 2. The fourth-order valence-corrected chi connectivity index (χ4v) is 5.78. The van der Waals surface area contributed by atoms with E-state index in [1.165, 1.54) is 0 Å². The van der Waals surface area contributed by atoms with Crippen LogP contribution in [0, 0.1) is 6.92 Å². The molecule has 0 atom stereocenters. The van der Waals surface area contributed by atoms with Gasteiger partial charge in [0.05, 0.1) is 5.69 Å². The summed E-state index contributed by atoms with van der Waals surface area (Å²) in [6.45, 7) is 5.02. The summed E-state index contributed by atoms with van der Waals surface area (Å²) in [7, 11) is -3.92. The number of nitrogens with zero attached hydrogens (tertiary/aromatic N) is 4. The molecule has 0 bridgehead atoms. The third-order valence-electron chi connectivity index (χ3n) is 6.61. The van der Waals surface area contributed by atoms with Gasteiger partial charge in [-0.05, 0) is 74.4 Å². The summed E-state index contributed by atoms with van der Waals surface area (Å²) in [5, 5.41) is 6.11. The van der Waals surface area contributed by atoms with Crippen molar-refractivity contribution in [2.75, 3.05) is 10.6 Å². The number of hydrogen-bond acceptors (Lipinski definition) is 8. The molecule has 0 radical (unpaired) electrons. The first-order valence-electron chi connectivity index (χ1n) is 12.4. The largest absolute Gasteiger partial charge is 0.324 e. The summed E-state index contributed by atoms with van der Waals surface area (Å²) < 4.78 is 27.8. The normalized spacial score (nSPS) is 15.8. The van der Waals surface area contributed by atoms with Crippen LogP contribution in [0.5, 0.6) is 0 Å². The Kier molecular flexibility index (Phi) is 7.04. The molecule has 3 heterocycles. The van der Waals surface area contributed by atoms with Crippen LogP contribution in [0.1, 0.15) is 35.3 Å². The average Bonchev–Trinajstić information content (AvgIpc) is 3.09. The number of hydrogen-bond donors (Lipinski definition) is 3. The fourth-order valence-electron chi connectivity index (χ4n) is 4.18. The molecule has 3 N–H and O–H groups in total. The Labute approximate surface area is 231 Å². The molecule has 0 unspecified atom stereocenters. The maximum Gasteiger partial charge on any atom is 0.305 e. The standard InChI is InChI=1S/C28H27N7O4S/c1-18-4-9-22(16-24(18)33-27-30-15-12-23(32-27)20-10-13-29-14-11-20)31-25(36)21-7-5-19(6-8-21)17-35-28(2,3)26(37)34-40(35,38)39/h4-16H,17H2,1-3H3,(H,31,36)(H,34,37)(H,30,32,33). The van der Waals surface area contributed by atoms with E-state index in [4.69, 9.17) is 0 Å². The zero-order chi connectivity index (χ0) is 28.5. The molecular formula is C28H27N7O4S. The lowest BCUT2D eigenvalue weighted by molar-refractivity contribution is -0.125. The quantitative estimate of drug-likeness (QED) is 0.311. The molecule has 40 heavy (non-hydrogen) atoms. The van der Waals surface area contributed by atoms with Gasteiger partial charge < -0.3 is 10.6 Å². The number of carbonyl (C=O) groups is 2. The molecule has 1 saturated heterocycles. The molecule has 0 spiro atoms. The molecule has 204 valence electrons. The van der Waals surface area contributed by atoms with Gasteiger partial charge in [0.25, 0.3) is 11.8 Å². The highest BCUT2D eigenvalue weighted by Gasteiger charge is 2.50. The number of nitrogens with one attached hydrogen (secondary N) is 3. The van der Waals surface area contributed by atoms with Gasteiger partial charge in [0.1, 0.15) is 5.54 Å². The Morgan fingerprint density at radius 3 is 2.40 bits per heavy atom. The maximum absolute atomic E-state index is 13.0. The lowest BCUT2D eigenvalue weighted by atomic mass is 10.0. The van der Waals surface area contributed by atoms with Crippen molar-refractivity contribution in [3.8, 4) is 11.3 Å². The molecule has 1 aliphatic heterocycles. The number of aryl methyl sites for hydroxylation is 1. The van der Waals surface area contributed by atoms with Gasteiger partial charge in [-0.3, -0.25) is 14.6 Å². The number of rotatable bonds is 7. The van der Waals surface area contributed by atoms with Crippen LogP contribution in [0.15, 0.2) is 79.3 Å². The van der Waals surface area contributed by atoms with Gasteiger partial charge in [0.2, 0.25) is 5.95 Å². The van der Waals surface area contributed by atoms with Gasteiger partial charge in [-0.25, -0.2) is 14.7 Å². The maximum atomic E-state index is 13.0. The summed E-state index contributed by atoms with van der Waals surface area (Å²) in [4.78, 5) is 37.9. The zero-order valence-electron chi connectivity index (χ0n) is 22.0. The number of pyridine rings is 1. The molecule has 12 heteroatoms. The van der Waals surface area contributed by atoms with Crippen LogP contribution < -0.4 is 15.4 Å². The van der Waals surface area contributed by atoms with Crippen LogP contribution in [0.3, 0.4) is 0 Å². The topological polar surface area (TPSA) is 146 Å². The minimum absolute atomic E-state index is 0.00655. The first-order valence-corrected chi connectivity index (χ1v) is 13.8. The molecule has 4 aromatic rings. The van der Waals surface area contributed by atoms with E-state index >= 15 is 0 Å². The molecular weight excluding hydrogens is 530 g/mol. The fraction of sp³-hybridized carbons (Fsp3) is 0.179. The van der Waals surface area contributed by atoms with Gasteiger partial charge in [0, 0.05) is 47.6 Å². The molecule has 2 amide bonds. The second-order valence-corrected chi connectivity index (χ2v) is 11.4. The van der Waals surface area contributed by atoms with Crippen molar-refractivity contribution in [3.63, 3.8) is 0 Å². The van der Waals surface area contributed by atoms with Crippen LogP contribution in [0.25, 0.3) is 11.3 Å². The molecule has 2 aromatic heterocycles. The van der Waals surface area contributed by atoms with Gasteiger partial charge in [-0.15, -0.1) is 0 Å². The summed E-state index contributed by atoms with van der Waals surface area (Å²) in [6.07, 6.45) is 5.07. The average molecular weight is 558 g/mol. The van der Waals surface area contributed by atoms with Crippen molar-refractivity contribution in [1.82, 2.24) is 24.0 Å². The molecule has 2 aromatic carbocycles. The SMILES string of the molecule is Cc1ccc(NC(=O)c2ccc(CN3C(C)(C)C(=O)NS3(=O)=O)cc2)cc1Nc1nccc(-c2ccncc2)n1. The predicted octanol–water partition coefficient (Wildman–Crippen LogP) is 3.80. The number of carbonyl (C=O) groups excluding carboxylic acids is 2. The van der Waals surface area contributed by atoms with Crippen LogP contribution in [-0.4, -0.2) is 45.0 Å². The van der Waals surface area contributed by atoms with E-state index < -0.39 is 21.7 Å². The van der Waals surface area contributed by atoms with Gasteiger partial charge in [-0.2, -0.15) is 12.7 Å². The lowest BCUT2D eigenvalue weighted by Crippen LogP contribution is -2.43. The van der Waals surface area contributed by atoms with Crippen molar-refractivity contribution >= 4 is 39.3 Å². The van der Waals surface area contributed by atoms with Crippen molar-refractivity contribution in [2.24, 2.45) is 0 Å². The first kappa shape index (κ1) is 26.9. The first-order chi connectivity index (χ1) is 19.0. The van der Waals surface area contributed by atoms with E-state index in [0.717, 1.165) is 26.8 Å². The molecule has 5 rings (SSSR count). The Hall–Kier alpha value is -4.68. The second kappa shape index (κ2) is 10.5. The van der Waals surface area contributed by atoms with Gasteiger partial charge >= 0.3 is 10.2 Å². The predicted molar refractivity (Wildman–Crippen MR) is 151 cm³/mol. The molecule has 0 saturated carbocycles. The monoisotopic (exact) mass is 557 g/mol. The third-order valence-corrected chi connectivity index (χ3v) is 8.22. The Bertz CT molecular complexity index is 1690. The van der Waals surface area contributed by atoms with Crippen molar-refractivity contribution < 1.29 is 18.0 Å². The summed E-state index contributed by atoms with van der Waals surface area (Å²) in [6, 6.07) is 17.6. The summed E-state index contributed by atoms with van der Waals surface area (Å²) in [5.74, 6) is -0.497. The van der Waals surface area contributed by atoms with E-state index in [-0.39, 0.29) is 12.5 Å². The number of anilines is 3. The van der Waals surface area contributed by atoms with Crippen LogP contribution in [0.4, 0.5) is 17.3 Å². The second-order valence-electron chi connectivity index (χ2n) is 9.81. The van der Waals surface area contributed by atoms with Crippen molar-refractivity contribution in [3.05, 3.63) is 95.9 Å². The lowest BCUT2D eigenvalue weighted by Gasteiger charge is -2.25. The van der Waals surface area contributed by atoms with Crippen LogP contribution in [0.2, 0.25) is 0 Å². The smallest absolute Gasteiger partial charge is 0.305 e. The van der Waals surface area contributed by atoms with E-state index in [1.807, 2.05) is 35.9 Å². The third kappa shape index (κ3) is 5.53. The van der Waals surface area contributed by atoms with Crippen LogP contribution in [-0.2, 0) is 21.5 Å². The Morgan fingerprint density at radius 1 is 1.00 bits per heavy atom. The zero-order valence-corrected chi connectivity index (χ0v) is 22.9. The number of aromatic nitrogens is 3. The molecule has 1 fully saturated rings. The summed E-state index contributed by atoms with van der Waals surface area (Å²) in [5.41, 5.74) is 3.73.